The maximum Gasteiger partial charge on any atom is 0.183 e. The summed E-state index contributed by atoms with van der Waals surface area (Å²) < 4.78 is 0. The number of hydrogen-bond donors (Lipinski definition) is 10. The largest absolute Gasteiger partial charge is 0.376 e. The molecule has 60 heavy (non-hydrogen) atoms. The van der Waals surface area contributed by atoms with Gasteiger partial charge in [-0.05, 0) is 48.0 Å². The van der Waals surface area contributed by atoms with Crippen molar-refractivity contribution in [3.8, 4) is 0 Å². The summed E-state index contributed by atoms with van der Waals surface area (Å²) >= 11 is 0. The van der Waals surface area contributed by atoms with Gasteiger partial charge in [-0.2, -0.15) is 0 Å². The van der Waals surface area contributed by atoms with E-state index in [0.29, 0.717) is 18.1 Å². The Kier molecular flexibility index (Phi) is 25.3. The number of nitrogens with one attached hydrogen (secondary N) is 8. The van der Waals surface area contributed by atoms with E-state index in [1.165, 1.54) is 17.5 Å². The Labute approximate surface area is 356 Å². The van der Waals surface area contributed by atoms with Crippen LogP contribution in [0.25, 0.3) is 0 Å². The first kappa shape index (κ1) is 49.6. The molecule has 0 amide bonds. The van der Waals surface area contributed by atoms with Crippen LogP contribution in [0.4, 0.5) is 0 Å². The number of nitrogens with two attached hydrogens (primary N) is 2. The van der Waals surface area contributed by atoms with Crippen LogP contribution in [-0.4, -0.2) is 120 Å². The third-order valence-corrected chi connectivity index (χ3v) is 8.08. The lowest BCUT2D eigenvalue weighted by Crippen LogP contribution is -2.27. The maximum absolute atomic E-state index is 6.06. The van der Waals surface area contributed by atoms with Gasteiger partial charge < -0.3 is 48.0 Å². The number of rotatable bonds is 3. The minimum atomic E-state index is -0.333. The zero-order chi connectivity index (χ0) is 43.8. The number of amidine groups is 3. The van der Waals surface area contributed by atoms with Gasteiger partial charge in [-0.25, -0.2) is 9.97 Å². The molecule has 3 atom stereocenters. The molecular weight excluding hydrogens is 755 g/mol. The molecule has 0 spiro atoms. The number of hydrogen-bond acceptors (Lipinski definition) is 13. The SMILES string of the molecule is C1=NCCCN1.CC1=NCC(C)N1.CC1CN=C(c2ccccc2)N1.CC1CN=CN1.CCc1ncc(C)[nH]1.Cc1ncc[nH]1.N=C(N)N.c1ccc(C2=NCCN2)cc1. The van der Waals surface area contributed by atoms with Crippen molar-refractivity contribution in [3.63, 3.8) is 0 Å². The van der Waals surface area contributed by atoms with Gasteiger partial charge in [-0.3, -0.25) is 30.4 Å². The molecule has 0 bridgehead atoms. The van der Waals surface area contributed by atoms with Crippen molar-refractivity contribution < 1.29 is 0 Å². The predicted molar refractivity (Wildman–Crippen MR) is 251 cm³/mol. The lowest BCUT2D eigenvalue weighted by molar-refractivity contribution is 0.725. The molecule has 0 fully saturated rings. The Morgan fingerprint density at radius 3 is 1.67 bits per heavy atom. The Morgan fingerprint density at radius 1 is 0.733 bits per heavy atom. The normalized spacial score (nSPS) is 18.3. The average Bonchev–Trinajstić information content (AvgIpc) is 4.13. The quantitative estimate of drug-likeness (QED) is 0.107. The summed E-state index contributed by atoms with van der Waals surface area (Å²) in [6, 6.07) is 22.1. The van der Waals surface area contributed by atoms with Crippen LogP contribution in [0.5, 0.6) is 0 Å². The first-order valence-corrected chi connectivity index (χ1v) is 20.5. The van der Waals surface area contributed by atoms with Gasteiger partial charge in [0.15, 0.2) is 5.96 Å². The molecule has 5 aliphatic heterocycles. The molecule has 12 N–H and O–H groups in total. The second kappa shape index (κ2) is 30.5. The monoisotopic (exact) mass is 824 g/mol. The van der Waals surface area contributed by atoms with Gasteiger partial charge in [0.1, 0.15) is 23.3 Å². The summed E-state index contributed by atoms with van der Waals surface area (Å²) in [4.78, 5) is 34.6. The molecule has 2 aromatic heterocycles. The zero-order valence-electron chi connectivity index (χ0n) is 36.5. The molecule has 17 heteroatoms. The number of aromatic nitrogens is 4. The van der Waals surface area contributed by atoms with Gasteiger partial charge in [0.25, 0.3) is 0 Å². The van der Waals surface area contributed by atoms with Crippen LogP contribution in [0.3, 0.4) is 0 Å². The van der Waals surface area contributed by atoms with Crippen molar-refractivity contribution in [2.75, 3.05) is 45.8 Å². The molecule has 326 valence electrons. The van der Waals surface area contributed by atoms with Crippen molar-refractivity contribution in [1.82, 2.24) is 46.5 Å². The summed E-state index contributed by atoms with van der Waals surface area (Å²) in [6.07, 6.45) is 11.1. The van der Waals surface area contributed by atoms with E-state index in [4.69, 9.17) is 5.41 Å². The minimum absolute atomic E-state index is 0.333. The molecule has 0 aliphatic carbocycles. The van der Waals surface area contributed by atoms with Crippen molar-refractivity contribution in [2.45, 2.75) is 79.4 Å². The molecular formula is C43H69N17. The van der Waals surface area contributed by atoms with E-state index in [1.54, 1.807) is 25.1 Å². The van der Waals surface area contributed by atoms with Crippen LogP contribution < -0.4 is 38.1 Å². The number of benzene rings is 2. The van der Waals surface area contributed by atoms with Crippen LogP contribution in [0.2, 0.25) is 0 Å². The summed E-state index contributed by atoms with van der Waals surface area (Å²) in [5.41, 5.74) is 12.5. The van der Waals surface area contributed by atoms with Crippen LogP contribution >= 0.6 is 0 Å². The van der Waals surface area contributed by atoms with Crippen molar-refractivity contribution in [1.29, 1.82) is 5.41 Å². The van der Waals surface area contributed by atoms with Gasteiger partial charge in [0.2, 0.25) is 0 Å². The first-order chi connectivity index (χ1) is 29.0. The van der Waals surface area contributed by atoms with Crippen molar-refractivity contribution >= 4 is 36.1 Å². The molecule has 0 radical (unpaired) electrons. The number of aromatic amines is 2. The lowest BCUT2D eigenvalue weighted by Gasteiger charge is -2.04. The van der Waals surface area contributed by atoms with E-state index in [9.17, 15) is 0 Å². The summed E-state index contributed by atoms with van der Waals surface area (Å²) in [6.45, 7) is 21.1. The van der Waals surface area contributed by atoms with Gasteiger partial charge in [-0.15, -0.1) is 0 Å². The van der Waals surface area contributed by atoms with E-state index in [-0.39, 0.29) is 5.96 Å². The number of H-pyrrole nitrogens is 2. The highest BCUT2D eigenvalue weighted by atomic mass is 15.1. The van der Waals surface area contributed by atoms with Gasteiger partial charge in [-0.1, -0.05) is 67.6 Å². The molecule has 7 heterocycles. The summed E-state index contributed by atoms with van der Waals surface area (Å²) in [5.74, 6) is 4.85. The molecule has 4 aromatic rings. The predicted octanol–water partition coefficient (Wildman–Crippen LogP) is 3.71. The molecule has 9 rings (SSSR count). The van der Waals surface area contributed by atoms with Crippen molar-refractivity contribution in [3.05, 3.63) is 108 Å². The number of guanidine groups is 1. The molecule has 0 saturated heterocycles. The number of aliphatic imine (C=N–C) groups is 5. The number of aryl methyl sites for hydroxylation is 3. The number of imidazole rings is 2. The van der Waals surface area contributed by atoms with E-state index >= 15 is 0 Å². The summed E-state index contributed by atoms with van der Waals surface area (Å²) in [7, 11) is 0. The topological polar surface area (TPSA) is 255 Å². The van der Waals surface area contributed by atoms with Crippen molar-refractivity contribution in [2.24, 2.45) is 36.4 Å². The minimum Gasteiger partial charge on any atom is -0.376 e. The Bertz CT molecular complexity index is 1830. The van der Waals surface area contributed by atoms with Crippen LogP contribution in [0.1, 0.15) is 69.5 Å². The zero-order valence-corrected chi connectivity index (χ0v) is 36.5. The van der Waals surface area contributed by atoms with Crippen LogP contribution in [-0.2, 0) is 6.42 Å². The number of nitrogens with zero attached hydrogens (tertiary/aromatic N) is 7. The van der Waals surface area contributed by atoms with Crippen LogP contribution in [0, 0.1) is 19.3 Å². The maximum atomic E-state index is 6.06. The Balaban J connectivity index is 0.000000242. The second-order valence-corrected chi connectivity index (χ2v) is 14.0. The van der Waals surface area contributed by atoms with E-state index in [0.717, 1.165) is 87.1 Å². The molecule has 2 aromatic carbocycles. The fraction of sp³-hybridized carbons (Fsp3) is 0.442. The fourth-order valence-electron chi connectivity index (χ4n) is 5.13. The highest BCUT2D eigenvalue weighted by Gasteiger charge is 2.13. The third kappa shape index (κ3) is 24.3. The smallest absolute Gasteiger partial charge is 0.183 e. The highest BCUT2D eigenvalue weighted by Crippen LogP contribution is 2.05. The van der Waals surface area contributed by atoms with E-state index < -0.39 is 0 Å². The van der Waals surface area contributed by atoms with Gasteiger partial charge in [0, 0.05) is 79.6 Å². The lowest BCUT2D eigenvalue weighted by atomic mass is 10.2. The highest BCUT2D eigenvalue weighted by molar-refractivity contribution is 6.00. The molecule has 5 aliphatic rings. The van der Waals surface area contributed by atoms with E-state index in [2.05, 4.69) is 135 Å². The second-order valence-electron chi connectivity index (χ2n) is 14.0. The summed E-state index contributed by atoms with van der Waals surface area (Å²) in [5, 5.41) is 21.8. The Morgan fingerprint density at radius 2 is 1.38 bits per heavy atom. The van der Waals surface area contributed by atoms with Crippen LogP contribution in [0.15, 0.2) is 104 Å². The van der Waals surface area contributed by atoms with E-state index in [1.807, 2.05) is 63.4 Å². The standard InChI is InChI=1S/C10H12N2.C9H10N2.C6H10N2.C5H10N2.C4H8N2.C4H6N2.C4H8N2.CH5N3/c1-8-7-11-10(12-8)9-5-3-2-4-6-9;1-2-4-8(5-3-1)9-10-6-7-11-9;1-3-6-7-4-5(2)8-6;1-4-3-6-5(2)7-4;1-4-2-5-3-6-4;1-4-5-2-3-6-4;1-2-5-4-6-3-1;2-1(3)4/h2-6,8H,7H2,1H3,(H,11,12);1-5H,6-7H2,(H,10,11);4H,3H2,1-2H3,(H,7,8);4H,3H2,1-2H3,(H,6,7);3-4H,2H2,1H3,(H,5,6);2-3H,1H3,(H,5,6);4H,1-3H2,(H,5,6);(H5,2,3,4). The van der Waals surface area contributed by atoms with Gasteiger partial charge >= 0.3 is 0 Å². The third-order valence-electron chi connectivity index (χ3n) is 8.08. The Hall–Kier alpha value is -6.52. The average molecular weight is 824 g/mol. The van der Waals surface area contributed by atoms with Gasteiger partial charge in [0.05, 0.1) is 44.7 Å². The first-order valence-electron chi connectivity index (χ1n) is 20.5. The molecule has 17 nitrogen and oxygen atoms in total. The molecule has 3 unspecified atom stereocenters. The fourth-order valence-corrected chi connectivity index (χ4v) is 5.13. The molecule has 0 saturated carbocycles.